The Hall–Kier alpha value is -2.25. The van der Waals surface area contributed by atoms with Gasteiger partial charge in [-0.3, -0.25) is 0 Å². The number of hydrogen-bond acceptors (Lipinski definition) is 4. The van der Waals surface area contributed by atoms with E-state index in [9.17, 15) is 19.7 Å². The van der Waals surface area contributed by atoms with Crippen molar-refractivity contribution in [2.24, 2.45) is 0 Å². The van der Waals surface area contributed by atoms with Gasteiger partial charge in [0.1, 0.15) is 30.2 Å². The SMILES string of the molecule is O[C@@H]1[C@@H](O)[C@H](c2cn(Cc3ccc(F)cc3)c3ccccc23)OC[C@H]1O. The summed E-state index contributed by atoms with van der Waals surface area (Å²) in [5.74, 6) is -0.280. The average molecular weight is 357 g/mol. The van der Waals surface area contributed by atoms with E-state index in [-0.39, 0.29) is 12.4 Å². The van der Waals surface area contributed by atoms with E-state index in [1.54, 1.807) is 12.1 Å². The predicted octanol–water partition coefficient (Wildman–Crippen LogP) is 1.98. The van der Waals surface area contributed by atoms with Crippen LogP contribution < -0.4 is 0 Å². The first-order valence-electron chi connectivity index (χ1n) is 8.52. The molecule has 5 nitrogen and oxygen atoms in total. The van der Waals surface area contributed by atoms with Crippen LogP contribution in [0.4, 0.5) is 4.39 Å². The second kappa shape index (κ2) is 6.81. The van der Waals surface area contributed by atoms with Gasteiger partial charge in [-0.2, -0.15) is 0 Å². The summed E-state index contributed by atoms with van der Waals surface area (Å²) >= 11 is 0. The molecule has 1 aliphatic heterocycles. The van der Waals surface area contributed by atoms with Crippen LogP contribution >= 0.6 is 0 Å². The highest BCUT2D eigenvalue weighted by molar-refractivity contribution is 5.84. The van der Waals surface area contributed by atoms with E-state index in [0.717, 1.165) is 22.0 Å². The number of rotatable bonds is 3. The third kappa shape index (κ3) is 3.01. The van der Waals surface area contributed by atoms with Gasteiger partial charge in [0.25, 0.3) is 0 Å². The second-order valence-electron chi connectivity index (χ2n) is 6.66. The number of aliphatic hydroxyl groups is 3. The molecule has 1 saturated heterocycles. The van der Waals surface area contributed by atoms with Crippen LogP contribution in [0, 0.1) is 5.82 Å². The number of aliphatic hydroxyl groups excluding tert-OH is 3. The van der Waals surface area contributed by atoms with Gasteiger partial charge in [0.05, 0.1) is 6.61 Å². The van der Waals surface area contributed by atoms with Crippen molar-refractivity contribution >= 4 is 10.9 Å². The topological polar surface area (TPSA) is 74.9 Å². The Morgan fingerprint density at radius 1 is 1.00 bits per heavy atom. The van der Waals surface area contributed by atoms with Crippen molar-refractivity contribution in [1.82, 2.24) is 4.57 Å². The van der Waals surface area contributed by atoms with Crippen molar-refractivity contribution in [3.05, 3.63) is 71.7 Å². The molecule has 2 heterocycles. The molecule has 0 amide bonds. The Balaban J connectivity index is 1.73. The summed E-state index contributed by atoms with van der Waals surface area (Å²) in [6.07, 6.45) is -2.43. The number of halogens is 1. The van der Waals surface area contributed by atoms with Crippen LogP contribution in [0.3, 0.4) is 0 Å². The number of aromatic nitrogens is 1. The van der Waals surface area contributed by atoms with E-state index < -0.39 is 24.4 Å². The highest BCUT2D eigenvalue weighted by Gasteiger charge is 2.39. The van der Waals surface area contributed by atoms with E-state index in [1.807, 2.05) is 35.0 Å². The van der Waals surface area contributed by atoms with Crippen LogP contribution in [0.25, 0.3) is 10.9 Å². The maximum atomic E-state index is 13.1. The summed E-state index contributed by atoms with van der Waals surface area (Å²) in [4.78, 5) is 0. The number of para-hydroxylation sites is 1. The normalized spacial score (nSPS) is 26.3. The first kappa shape index (κ1) is 17.2. The zero-order valence-corrected chi connectivity index (χ0v) is 14.0. The van der Waals surface area contributed by atoms with Crippen LogP contribution in [0.15, 0.2) is 54.7 Å². The van der Waals surface area contributed by atoms with Gasteiger partial charge in [-0.25, -0.2) is 4.39 Å². The van der Waals surface area contributed by atoms with Gasteiger partial charge in [-0.1, -0.05) is 30.3 Å². The minimum absolute atomic E-state index is 0.0413. The number of hydrogen-bond donors (Lipinski definition) is 3. The zero-order valence-electron chi connectivity index (χ0n) is 14.0. The molecule has 1 fully saturated rings. The summed E-state index contributed by atoms with van der Waals surface area (Å²) in [5, 5.41) is 30.9. The first-order chi connectivity index (χ1) is 12.5. The summed E-state index contributed by atoms with van der Waals surface area (Å²) in [5.41, 5.74) is 2.64. The Bertz CT molecular complexity index is 908. The molecule has 1 aliphatic rings. The fraction of sp³-hybridized carbons (Fsp3) is 0.300. The van der Waals surface area contributed by atoms with Crippen molar-refractivity contribution in [2.45, 2.75) is 31.0 Å². The summed E-state index contributed by atoms with van der Waals surface area (Å²) < 4.78 is 20.8. The third-order valence-corrected chi connectivity index (χ3v) is 4.89. The number of benzene rings is 2. The van der Waals surface area contributed by atoms with E-state index in [4.69, 9.17) is 4.74 Å². The van der Waals surface area contributed by atoms with E-state index in [0.29, 0.717) is 6.54 Å². The van der Waals surface area contributed by atoms with Crippen molar-refractivity contribution in [3.8, 4) is 0 Å². The Morgan fingerprint density at radius 2 is 1.73 bits per heavy atom. The summed E-state index contributed by atoms with van der Waals surface area (Å²) in [7, 11) is 0. The molecule has 4 atom stereocenters. The first-order valence-corrected chi connectivity index (χ1v) is 8.52. The van der Waals surface area contributed by atoms with Crippen molar-refractivity contribution in [1.29, 1.82) is 0 Å². The fourth-order valence-electron chi connectivity index (χ4n) is 3.50. The molecular weight excluding hydrogens is 337 g/mol. The standard InChI is InChI=1S/C20H20FNO4/c21-13-7-5-12(6-8-13)9-22-10-15(14-3-1-2-4-16(14)22)20-19(25)18(24)17(23)11-26-20/h1-8,10,17-20,23-25H,9,11H2/t17-,18+,19-,20+/m1/s1. The van der Waals surface area contributed by atoms with Gasteiger partial charge in [0.2, 0.25) is 0 Å². The molecular formula is C20H20FNO4. The van der Waals surface area contributed by atoms with Crippen LogP contribution in [0.1, 0.15) is 17.2 Å². The monoisotopic (exact) mass is 357 g/mol. The van der Waals surface area contributed by atoms with Crippen molar-refractivity contribution in [3.63, 3.8) is 0 Å². The van der Waals surface area contributed by atoms with Crippen molar-refractivity contribution in [2.75, 3.05) is 6.61 Å². The van der Waals surface area contributed by atoms with Gasteiger partial charge in [0.15, 0.2) is 0 Å². The molecule has 3 N–H and O–H groups in total. The summed E-state index contributed by atoms with van der Waals surface area (Å²) in [6, 6.07) is 14.0. The molecule has 4 rings (SSSR count). The number of nitrogens with zero attached hydrogens (tertiary/aromatic N) is 1. The number of ether oxygens (including phenoxy) is 1. The van der Waals surface area contributed by atoms with E-state index in [2.05, 4.69) is 0 Å². The van der Waals surface area contributed by atoms with Crippen LogP contribution in [-0.4, -0.2) is 44.8 Å². The molecule has 3 aromatic rings. The predicted molar refractivity (Wildman–Crippen MR) is 94.2 cm³/mol. The van der Waals surface area contributed by atoms with Gasteiger partial charge in [0, 0.05) is 29.2 Å². The van der Waals surface area contributed by atoms with Crippen LogP contribution in [0.5, 0.6) is 0 Å². The molecule has 0 saturated carbocycles. The zero-order chi connectivity index (χ0) is 18.3. The Kier molecular flexibility index (Phi) is 4.50. The van der Waals surface area contributed by atoms with Crippen LogP contribution in [0.2, 0.25) is 0 Å². The smallest absolute Gasteiger partial charge is 0.123 e. The van der Waals surface area contributed by atoms with Gasteiger partial charge >= 0.3 is 0 Å². The van der Waals surface area contributed by atoms with E-state index in [1.165, 1.54) is 12.1 Å². The third-order valence-electron chi connectivity index (χ3n) is 4.89. The summed E-state index contributed by atoms with van der Waals surface area (Å²) in [6.45, 7) is 0.495. The largest absolute Gasteiger partial charge is 0.388 e. The maximum Gasteiger partial charge on any atom is 0.123 e. The highest BCUT2D eigenvalue weighted by atomic mass is 19.1. The lowest BCUT2D eigenvalue weighted by Crippen LogP contribution is -2.48. The van der Waals surface area contributed by atoms with Crippen molar-refractivity contribution < 1.29 is 24.4 Å². The lowest BCUT2D eigenvalue weighted by Gasteiger charge is -2.35. The molecule has 0 spiro atoms. The molecule has 136 valence electrons. The molecule has 2 aromatic carbocycles. The molecule has 0 radical (unpaired) electrons. The fourth-order valence-corrected chi connectivity index (χ4v) is 3.50. The highest BCUT2D eigenvalue weighted by Crippen LogP contribution is 2.35. The minimum atomic E-state index is -1.26. The van der Waals surface area contributed by atoms with Gasteiger partial charge in [-0.15, -0.1) is 0 Å². The molecule has 6 heteroatoms. The van der Waals surface area contributed by atoms with Gasteiger partial charge in [-0.05, 0) is 23.8 Å². The molecule has 1 aromatic heterocycles. The molecule has 0 unspecified atom stereocenters. The Labute approximate surface area is 149 Å². The molecule has 0 bridgehead atoms. The second-order valence-corrected chi connectivity index (χ2v) is 6.66. The van der Waals surface area contributed by atoms with Crippen LogP contribution in [-0.2, 0) is 11.3 Å². The molecule has 26 heavy (non-hydrogen) atoms. The maximum absolute atomic E-state index is 13.1. The van der Waals surface area contributed by atoms with E-state index >= 15 is 0 Å². The quantitative estimate of drug-likeness (QED) is 0.670. The lowest BCUT2D eigenvalue weighted by atomic mass is 9.94. The number of fused-ring (bicyclic) bond motifs is 1. The minimum Gasteiger partial charge on any atom is -0.388 e. The average Bonchev–Trinajstić information content (AvgIpc) is 3.00. The molecule has 0 aliphatic carbocycles. The Morgan fingerprint density at radius 3 is 2.50 bits per heavy atom. The van der Waals surface area contributed by atoms with Gasteiger partial charge < -0.3 is 24.6 Å². The lowest BCUT2D eigenvalue weighted by molar-refractivity contribution is -0.188.